The van der Waals surface area contributed by atoms with E-state index in [-0.39, 0.29) is 18.4 Å². The van der Waals surface area contributed by atoms with Crippen molar-refractivity contribution in [3.8, 4) is 11.1 Å². The average Bonchev–Trinajstić information content (AvgIpc) is 3.12. The van der Waals surface area contributed by atoms with Crippen molar-refractivity contribution in [2.45, 2.75) is 33.1 Å². The fraction of sp³-hybridized carbons (Fsp3) is 0.320. The quantitative estimate of drug-likeness (QED) is 0.682. The molecule has 0 spiro atoms. The zero-order chi connectivity index (χ0) is 22.0. The van der Waals surface area contributed by atoms with Gasteiger partial charge in [0.1, 0.15) is 11.3 Å². The molecule has 0 saturated carbocycles. The van der Waals surface area contributed by atoms with Crippen LogP contribution in [0, 0.1) is 19.3 Å². The zero-order valence-corrected chi connectivity index (χ0v) is 17.9. The van der Waals surface area contributed by atoms with Crippen LogP contribution in [0.15, 0.2) is 59.1 Å². The van der Waals surface area contributed by atoms with Gasteiger partial charge in [-0.2, -0.15) is 0 Å². The summed E-state index contributed by atoms with van der Waals surface area (Å²) in [6.07, 6.45) is 1.85. The summed E-state index contributed by atoms with van der Waals surface area (Å²) in [5.74, 6) is -0.0308. The minimum atomic E-state index is -0.822. The van der Waals surface area contributed by atoms with E-state index in [4.69, 9.17) is 10.3 Å². The highest BCUT2D eigenvalue weighted by Crippen LogP contribution is 2.37. The molecule has 0 bridgehead atoms. The van der Waals surface area contributed by atoms with Crippen molar-refractivity contribution in [3.05, 3.63) is 77.2 Å². The summed E-state index contributed by atoms with van der Waals surface area (Å²) in [4.78, 5) is 27.7. The molecular formula is C25H27N3O3. The van der Waals surface area contributed by atoms with Crippen LogP contribution in [0.4, 0.5) is 0 Å². The smallest absolute Gasteiger partial charge is 0.259 e. The molecule has 6 nitrogen and oxygen atoms in total. The SMILES string of the molecule is Cc1noc(C)c1C(=O)N1CCC[C@@](Cc2ccccc2-c2ccccc2)(C(N)=O)C1. The maximum atomic E-state index is 13.2. The third kappa shape index (κ3) is 3.98. The Hall–Kier alpha value is -3.41. The van der Waals surface area contributed by atoms with E-state index in [9.17, 15) is 9.59 Å². The highest BCUT2D eigenvalue weighted by Gasteiger charge is 2.43. The Kier molecular flexibility index (Phi) is 5.63. The molecule has 6 heteroatoms. The maximum Gasteiger partial charge on any atom is 0.259 e. The Morgan fingerprint density at radius 2 is 1.81 bits per heavy atom. The summed E-state index contributed by atoms with van der Waals surface area (Å²) in [6, 6.07) is 18.2. The Morgan fingerprint density at radius 3 is 2.48 bits per heavy atom. The normalized spacial score (nSPS) is 18.7. The van der Waals surface area contributed by atoms with Crippen LogP contribution < -0.4 is 5.73 Å². The van der Waals surface area contributed by atoms with Crippen molar-refractivity contribution in [2.24, 2.45) is 11.1 Å². The summed E-state index contributed by atoms with van der Waals surface area (Å²) in [5.41, 5.74) is 9.42. The molecule has 0 aliphatic carbocycles. The number of nitrogens with two attached hydrogens (primary N) is 1. The number of benzene rings is 2. The molecule has 4 rings (SSSR count). The largest absolute Gasteiger partial charge is 0.369 e. The van der Waals surface area contributed by atoms with Gasteiger partial charge < -0.3 is 15.2 Å². The summed E-state index contributed by atoms with van der Waals surface area (Å²) in [5, 5.41) is 3.90. The topological polar surface area (TPSA) is 89.4 Å². The van der Waals surface area contributed by atoms with Gasteiger partial charge in [-0.15, -0.1) is 0 Å². The number of piperidine rings is 1. The van der Waals surface area contributed by atoms with Crippen LogP contribution in [-0.2, 0) is 11.2 Å². The highest BCUT2D eigenvalue weighted by atomic mass is 16.5. The van der Waals surface area contributed by atoms with Crippen molar-refractivity contribution < 1.29 is 14.1 Å². The fourth-order valence-corrected chi connectivity index (χ4v) is 4.62. The molecular weight excluding hydrogens is 390 g/mol. The van der Waals surface area contributed by atoms with E-state index < -0.39 is 5.41 Å². The van der Waals surface area contributed by atoms with E-state index in [1.165, 1.54) is 0 Å². The van der Waals surface area contributed by atoms with Crippen LogP contribution >= 0.6 is 0 Å². The molecule has 2 aromatic carbocycles. The Bertz CT molecular complexity index is 1090. The van der Waals surface area contributed by atoms with Gasteiger partial charge in [-0.05, 0) is 49.8 Å². The van der Waals surface area contributed by atoms with Gasteiger partial charge in [0.2, 0.25) is 5.91 Å². The lowest BCUT2D eigenvalue weighted by Crippen LogP contribution is -2.53. The lowest BCUT2D eigenvalue weighted by atomic mass is 9.73. The number of hydrogen-bond acceptors (Lipinski definition) is 4. The van der Waals surface area contributed by atoms with Crippen molar-refractivity contribution >= 4 is 11.8 Å². The molecule has 2 N–H and O–H groups in total. The summed E-state index contributed by atoms with van der Waals surface area (Å²) < 4.78 is 5.18. The number of aromatic nitrogens is 1. The third-order valence-corrected chi connectivity index (χ3v) is 6.27. The third-order valence-electron chi connectivity index (χ3n) is 6.27. The number of hydrogen-bond donors (Lipinski definition) is 1. The highest BCUT2D eigenvalue weighted by molar-refractivity contribution is 5.96. The molecule has 1 aliphatic heterocycles. The number of carbonyl (C=O) groups excluding carboxylic acids is 2. The van der Waals surface area contributed by atoms with Crippen molar-refractivity contribution in [3.63, 3.8) is 0 Å². The monoisotopic (exact) mass is 417 g/mol. The number of carbonyl (C=O) groups is 2. The second kappa shape index (κ2) is 8.38. The van der Waals surface area contributed by atoms with Crippen LogP contribution in [0.2, 0.25) is 0 Å². The molecule has 0 radical (unpaired) electrons. The predicted octanol–water partition coefficient (Wildman–Crippen LogP) is 3.91. The van der Waals surface area contributed by atoms with Crippen LogP contribution in [0.1, 0.15) is 40.2 Å². The first-order valence-corrected chi connectivity index (χ1v) is 10.6. The number of primary amides is 1. The van der Waals surface area contributed by atoms with Crippen molar-refractivity contribution in [1.29, 1.82) is 0 Å². The van der Waals surface area contributed by atoms with Gasteiger partial charge in [-0.3, -0.25) is 9.59 Å². The van der Waals surface area contributed by atoms with Gasteiger partial charge >= 0.3 is 0 Å². The molecule has 2 amide bonds. The molecule has 0 unspecified atom stereocenters. The van der Waals surface area contributed by atoms with Crippen molar-refractivity contribution in [1.82, 2.24) is 10.1 Å². The van der Waals surface area contributed by atoms with Gasteiger partial charge in [0.05, 0.1) is 11.1 Å². The van der Waals surface area contributed by atoms with Gasteiger partial charge in [-0.25, -0.2) is 0 Å². The molecule has 3 aromatic rings. The predicted molar refractivity (Wildman–Crippen MR) is 118 cm³/mol. The van der Waals surface area contributed by atoms with E-state index >= 15 is 0 Å². The summed E-state index contributed by atoms with van der Waals surface area (Å²) in [7, 11) is 0. The lowest BCUT2D eigenvalue weighted by molar-refractivity contribution is -0.130. The lowest BCUT2D eigenvalue weighted by Gasteiger charge is -2.41. The molecule has 1 aliphatic rings. The van der Waals surface area contributed by atoms with E-state index in [0.29, 0.717) is 42.8 Å². The van der Waals surface area contributed by atoms with E-state index in [1.54, 1.807) is 18.7 Å². The number of rotatable bonds is 5. The number of aryl methyl sites for hydroxylation is 2. The molecule has 1 atom stereocenters. The molecule has 1 saturated heterocycles. The standard InChI is InChI=1S/C25H27N3O3/c1-17-22(18(2)31-27-17)23(29)28-14-8-13-25(16-28,24(26)30)15-20-11-6-7-12-21(20)19-9-4-3-5-10-19/h3-7,9-12H,8,13-16H2,1-2H3,(H2,26,30)/t25-/m0/s1. The zero-order valence-electron chi connectivity index (χ0n) is 17.9. The van der Waals surface area contributed by atoms with Crippen LogP contribution in [0.3, 0.4) is 0 Å². The first-order valence-electron chi connectivity index (χ1n) is 10.6. The van der Waals surface area contributed by atoms with Gasteiger partial charge in [0.15, 0.2) is 0 Å². The van der Waals surface area contributed by atoms with Gasteiger partial charge in [0, 0.05) is 13.1 Å². The maximum absolute atomic E-state index is 13.2. The van der Waals surface area contributed by atoms with E-state index in [0.717, 1.165) is 16.7 Å². The van der Waals surface area contributed by atoms with Crippen LogP contribution in [0.5, 0.6) is 0 Å². The summed E-state index contributed by atoms with van der Waals surface area (Å²) in [6.45, 7) is 4.35. The summed E-state index contributed by atoms with van der Waals surface area (Å²) >= 11 is 0. The second-order valence-corrected chi connectivity index (χ2v) is 8.37. The first kappa shape index (κ1) is 20.8. The molecule has 2 heterocycles. The molecule has 1 aromatic heterocycles. The van der Waals surface area contributed by atoms with E-state index in [2.05, 4.69) is 23.4 Å². The number of likely N-dealkylation sites (tertiary alicyclic amines) is 1. The Balaban J connectivity index is 1.66. The Labute approximate surface area is 182 Å². The fourth-order valence-electron chi connectivity index (χ4n) is 4.62. The minimum absolute atomic E-state index is 0.155. The van der Waals surface area contributed by atoms with Crippen molar-refractivity contribution in [2.75, 3.05) is 13.1 Å². The number of amides is 2. The molecule has 160 valence electrons. The van der Waals surface area contributed by atoms with E-state index in [1.807, 2.05) is 36.4 Å². The van der Waals surface area contributed by atoms with Gasteiger partial charge in [0.25, 0.3) is 5.91 Å². The number of nitrogens with zero attached hydrogens (tertiary/aromatic N) is 2. The molecule has 31 heavy (non-hydrogen) atoms. The van der Waals surface area contributed by atoms with Crippen LogP contribution in [0.25, 0.3) is 11.1 Å². The van der Waals surface area contributed by atoms with Gasteiger partial charge in [-0.1, -0.05) is 59.8 Å². The second-order valence-electron chi connectivity index (χ2n) is 8.37. The van der Waals surface area contributed by atoms with Crippen LogP contribution in [-0.4, -0.2) is 35.0 Å². The first-order chi connectivity index (χ1) is 14.9. The minimum Gasteiger partial charge on any atom is -0.369 e. The molecule has 1 fully saturated rings. The Morgan fingerprint density at radius 1 is 1.10 bits per heavy atom. The average molecular weight is 418 g/mol.